The Morgan fingerprint density at radius 2 is 1.94 bits per heavy atom. The van der Waals surface area contributed by atoms with Crippen LogP contribution in [0.2, 0.25) is 5.02 Å². The van der Waals surface area contributed by atoms with Crippen molar-refractivity contribution >= 4 is 52.2 Å². The second kappa shape index (κ2) is 11.8. The van der Waals surface area contributed by atoms with Crippen LogP contribution in [-0.2, 0) is 16.0 Å². The summed E-state index contributed by atoms with van der Waals surface area (Å²) in [5, 5.41) is 2.59. The zero-order chi connectivity index (χ0) is 24.7. The van der Waals surface area contributed by atoms with E-state index in [1.54, 1.807) is 42.5 Å². The number of anilines is 1. The number of halogens is 1. The third-order valence-electron chi connectivity index (χ3n) is 4.69. The molecule has 0 atom stereocenters. The summed E-state index contributed by atoms with van der Waals surface area (Å²) >= 11 is 6.71. The molecule has 1 saturated heterocycles. The molecule has 3 amide bonds. The number of benzene rings is 2. The van der Waals surface area contributed by atoms with Crippen LogP contribution in [0.1, 0.15) is 25.0 Å². The minimum absolute atomic E-state index is 0.219. The van der Waals surface area contributed by atoms with Gasteiger partial charge in [0.15, 0.2) is 11.5 Å². The number of nitrogens with one attached hydrogen (secondary N) is 1. The molecular formula is C25H25ClN2O5S. The van der Waals surface area contributed by atoms with Crippen molar-refractivity contribution in [1.82, 2.24) is 4.90 Å². The highest BCUT2D eigenvalue weighted by molar-refractivity contribution is 8.18. The number of carbonyl (C=O) groups excluding carboxylic acids is 3. The first-order chi connectivity index (χ1) is 16.4. The molecule has 0 unspecified atom stereocenters. The van der Waals surface area contributed by atoms with E-state index in [1.807, 2.05) is 19.9 Å². The summed E-state index contributed by atoms with van der Waals surface area (Å²) in [6.07, 6.45) is 3.91. The molecule has 7 nitrogen and oxygen atoms in total. The molecule has 1 fully saturated rings. The van der Waals surface area contributed by atoms with E-state index in [9.17, 15) is 14.4 Å². The lowest BCUT2D eigenvalue weighted by Gasteiger charge is -2.16. The lowest BCUT2D eigenvalue weighted by atomic mass is 10.0. The molecule has 1 heterocycles. The third kappa shape index (κ3) is 6.21. The van der Waals surface area contributed by atoms with Crippen molar-refractivity contribution in [3.63, 3.8) is 0 Å². The molecule has 0 bridgehead atoms. The number of hydrogen-bond acceptors (Lipinski definition) is 6. The van der Waals surface area contributed by atoms with Crippen molar-refractivity contribution in [3.05, 3.63) is 70.1 Å². The molecule has 1 aliphatic rings. The highest BCUT2D eigenvalue weighted by atomic mass is 35.5. The highest BCUT2D eigenvalue weighted by Crippen LogP contribution is 2.37. The maximum atomic E-state index is 12.9. The molecule has 9 heteroatoms. The number of amides is 3. The summed E-state index contributed by atoms with van der Waals surface area (Å²) in [5.74, 6) is 0.148. The van der Waals surface area contributed by atoms with Gasteiger partial charge in [-0.1, -0.05) is 23.7 Å². The van der Waals surface area contributed by atoms with E-state index in [4.69, 9.17) is 21.1 Å². The fourth-order valence-corrected chi connectivity index (χ4v) is 4.37. The summed E-state index contributed by atoms with van der Waals surface area (Å²) in [6, 6.07) is 10.2. The van der Waals surface area contributed by atoms with Crippen LogP contribution in [0.3, 0.4) is 0 Å². The number of hydrogen-bond donors (Lipinski definition) is 1. The van der Waals surface area contributed by atoms with Crippen LogP contribution in [0.15, 0.2) is 54.0 Å². The maximum Gasteiger partial charge on any atom is 0.294 e. The lowest BCUT2D eigenvalue weighted by molar-refractivity contribution is -0.127. The Morgan fingerprint density at radius 1 is 1.18 bits per heavy atom. The Kier molecular flexibility index (Phi) is 8.79. The lowest BCUT2D eigenvalue weighted by Crippen LogP contribution is -2.36. The normalized spacial score (nSPS) is 14.4. The predicted molar refractivity (Wildman–Crippen MR) is 135 cm³/mol. The monoisotopic (exact) mass is 500 g/mol. The van der Waals surface area contributed by atoms with E-state index in [2.05, 4.69) is 11.9 Å². The first-order valence-corrected chi connectivity index (χ1v) is 11.9. The minimum atomic E-state index is -0.534. The van der Waals surface area contributed by atoms with Crippen LogP contribution in [0.4, 0.5) is 10.5 Å². The molecule has 0 saturated carbocycles. The Balaban J connectivity index is 1.82. The highest BCUT2D eigenvalue weighted by Gasteiger charge is 2.36. The smallest absolute Gasteiger partial charge is 0.294 e. The van der Waals surface area contributed by atoms with Crippen LogP contribution in [0.25, 0.3) is 6.08 Å². The van der Waals surface area contributed by atoms with Crippen molar-refractivity contribution in [3.8, 4) is 11.5 Å². The van der Waals surface area contributed by atoms with E-state index in [-0.39, 0.29) is 4.91 Å². The molecule has 178 valence electrons. The third-order valence-corrected chi connectivity index (χ3v) is 5.83. The molecule has 2 aromatic rings. The average molecular weight is 501 g/mol. The first kappa shape index (κ1) is 25.4. The number of rotatable bonds is 10. The summed E-state index contributed by atoms with van der Waals surface area (Å²) in [7, 11) is 0. The predicted octanol–water partition coefficient (Wildman–Crippen LogP) is 5.54. The zero-order valence-corrected chi connectivity index (χ0v) is 20.5. The van der Waals surface area contributed by atoms with Gasteiger partial charge < -0.3 is 14.8 Å². The number of carbonyl (C=O) groups is 3. The fraction of sp³-hybridized carbons (Fsp3) is 0.240. The van der Waals surface area contributed by atoms with Crippen molar-refractivity contribution < 1.29 is 23.9 Å². The van der Waals surface area contributed by atoms with E-state index in [0.717, 1.165) is 22.2 Å². The molecule has 0 radical (unpaired) electrons. The minimum Gasteiger partial charge on any atom is -0.490 e. The number of nitrogens with zero attached hydrogens (tertiary/aromatic N) is 1. The van der Waals surface area contributed by atoms with Gasteiger partial charge in [-0.25, -0.2) is 0 Å². The number of thioether (sulfide) groups is 1. The van der Waals surface area contributed by atoms with Gasteiger partial charge in [0.25, 0.3) is 11.1 Å². The molecule has 1 aliphatic heterocycles. The molecular weight excluding hydrogens is 476 g/mol. The Labute approximate surface area is 207 Å². The van der Waals surface area contributed by atoms with Gasteiger partial charge in [0, 0.05) is 16.3 Å². The molecule has 2 aromatic carbocycles. The first-order valence-electron chi connectivity index (χ1n) is 10.7. The number of allylic oxidation sites excluding steroid dienone is 1. The second-order valence-electron chi connectivity index (χ2n) is 7.19. The largest absolute Gasteiger partial charge is 0.490 e. The quantitative estimate of drug-likeness (QED) is 0.340. The van der Waals surface area contributed by atoms with Crippen LogP contribution in [0.5, 0.6) is 11.5 Å². The van der Waals surface area contributed by atoms with Gasteiger partial charge in [0.05, 0.1) is 18.1 Å². The SMILES string of the molecule is C=CCc1cc(/C=C2/SC(=O)N(CC(=O)Nc3cccc(Cl)c3)C2=O)cc(OCC)c1OCC. The number of ether oxygens (including phenoxy) is 2. The molecule has 3 rings (SSSR count). The second-order valence-corrected chi connectivity index (χ2v) is 8.62. The topological polar surface area (TPSA) is 84.9 Å². The molecule has 0 spiro atoms. The molecule has 0 aromatic heterocycles. The molecule has 1 N–H and O–H groups in total. The van der Waals surface area contributed by atoms with E-state index in [1.165, 1.54) is 0 Å². The van der Waals surface area contributed by atoms with Gasteiger partial charge in [-0.05, 0) is 74.0 Å². The summed E-state index contributed by atoms with van der Waals surface area (Å²) < 4.78 is 11.5. The van der Waals surface area contributed by atoms with Crippen molar-refractivity contribution in [1.29, 1.82) is 0 Å². The maximum absolute atomic E-state index is 12.9. The van der Waals surface area contributed by atoms with Crippen LogP contribution >= 0.6 is 23.4 Å². The van der Waals surface area contributed by atoms with Gasteiger partial charge in [0.1, 0.15) is 6.54 Å². The Bertz CT molecular complexity index is 1150. The summed E-state index contributed by atoms with van der Waals surface area (Å²) in [4.78, 5) is 38.9. The van der Waals surface area contributed by atoms with Crippen molar-refractivity contribution in [2.75, 3.05) is 25.1 Å². The van der Waals surface area contributed by atoms with Crippen LogP contribution in [-0.4, -0.2) is 41.7 Å². The summed E-state index contributed by atoms with van der Waals surface area (Å²) in [6.45, 7) is 8.07. The summed E-state index contributed by atoms with van der Waals surface area (Å²) in [5.41, 5.74) is 2.01. The average Bonchev–Trinajstić information content (AvgIpc) is 3.03. The number of imide groups is 1. The van der Waals surface area contributed by atoms with Gasteiger partial charge >= 0.3 is 0 Å². The van der Waals surface area contributed by atoms with Crippen LogP contribution < -0.4 is 14.8 Å². The molecule has 34 heavy (non-hydrogen) atoms. The van der Waals surface area contributed by atoms with E-state index < -0.39 is 23.6 Å². The van der Waals surface area contributed by atoms with Crippen molar-refractivity contribution in [2.24, 2.45) is 0 Å². The van der Waals surface area contributed by atoms with Crippen molar-refractivity contribution in [2.45, 2.75) is 20.3 Å². The van der Waals surface area contributed by atoms with E-state index in [0.29, 0.717) is 47.4 Å². The van der Waals surface area contributed by atoms with Gasteiger partial charge in [-0.2, -0.15) is 0 Å². The molecule has 0 aliphatic carbocycles. The van der Waals surface area contributed by atoms with Gasteiger partial charge in [-0.15, -0.1) is 6.58 Å². The van der Waals surface area contributed by atoms with Crippen LogP contribution in [0, 0.1) is 0 Å². The standard InChI is InChI=1S/C25H25ClN2O5S/c1-4-8-17-11-16(12-20(32-5-2)23(17)33-6-3)13-21-24(30)28(25(31)34-21)15-22(29)27-19-10-7-9-18(26)14-19/h4,7,9-14H,1,5-6,8,15H2,2-3H3,(H,27,29)/b21-13+. The Hall–Kier alpha value is -3.23. The van der Waals surface area contributed by atoms with Gasteiger partial charge in [0.2, 0.25) is 5.91 Å². The van der Waals surface area contributed by atoms with Gasteiger partial charge in [-0.3, -0.25) is 19.3 Å². The van der Waals surface area contributed by atoms with E-state index >= 15 is 0 Å². The zero-order valence-electron chi connectivity index (χ0n) is 18.9. The Morgan fingerprint density at radius 3 is 2.62 bits per heavy atom. The fourth-order valence-electron chi connectivity index (χ4n) is 3.34.